The van der Waals surface area contributed by atoms with Gasteiger partial charge in [-0.05, 0) is 23.8 Å². The minimum atomic E-state index is -0.394. The van der Waals surface area contributed by atoms with Crippen molar-refractivity contribution in [3.05, 3.63) is 33.1 Å². The Bertz CT molecular complexity index is 646. The third-order valence-electron chi connectivity index (χ3n) is 3.89. The summed E-state index contributed by atoms with van der Waals surface area (Å²) in [4.78, 5) is 17.9. The van der Waals surface area contributed by atoms with Crippen molar-refractivity contribution in [2.45, 2.75) is 31.6 Å². The van der Waals surface area contributed by atoms with Gasteiger partial charge in [-0.15, -0.1) is 0 Å². The number of fused-ring (bicyclic) bond motifs is 1. The van der Waals surface area contributed by atoms with Gasteiger partial charge < -0.3 is 4.98 Å². The van der Waals surface area contributed by atoms with E-state index in [2.05, 4.69) is 16.9 Å². The number of hydrogen-bond acceptors (Lipinski definition) is 3. The fourth-order valence-corrected chi connectivity index (χ4v) is 2.87. The molecule has 0 atom stereocenters. The maximum Gasteiger partial charge on any atom is 0.283 e. The van der Waals surface area contributed by atoms with E-state index in [0.717, 1.165) is 24.8 Å². The molecule has 94 valence electrons. The molecule has 0 spiro atoms. The fourth-order valence-electron chi connectivity index (χ4n) is 2.68. The van der Waals surface area contributed by atoms with Crippen molar-refractivity contribution in [2.75, 3.05) is 0 Å². The Balaban J connectivity index is 2.31. The molecule has 1 fully saturated rings. The highest BCUT2D eigenvalue weighted by molar-refractivity contribution is 6.30. The molecule has 0 radical (unpaired) electrons. The predicted molar refractivity (Wildman–Crippen MR) is 69.0 cm³/mol. The second kappa shape index (κ2) is 3.68. The average Bonchev–Trinajstić information content (AvgIpc) is 2.68. The van der Waals surface area contributed by atoms with Gasteiger partial charge in [-0.1, -0.05) is 24.9 Å². The minimum Gasteiger partial charge on any atom is -0.346 e. The predicted octanol–water partition coefficient (Wildman–Crippen LogP) is 3.57. The Labute approximate surface area is 108 Å². The lowest BCUT2D eigenvalue weighted by Crippen LogP contribution is -2.30. The summed E-state index contributed by atoms with van der Waals surface area (Å²) in [6.45, 7) is 2.14. The van der Waals surface area contributed by atoms with Gasteiger partial charge in [0.05, 0.1) is 11.0 Å². The number of halogens is 1. The fraction of sp³-hybridized carbons (Fsp3) is 0.417. The van der Waals surface area contributed by atoms with E-state index in [1.165, 1.54) is 6.07 Å². The van der Waals surface area contributed by atoms with Crippen molar-refractivity contribution in [2.24, 2.45) is 0 Å². The first-order valence-corrected chi connectivity index (χ1v) is 6.21. The van der Waals surface area contributed by atoms with Crippen molar-refractivity contribution < 1.29 is 4.92 Å². The normalized spacial score (nSPS) is 17.7. The molecule has 2 aromatic rings. The van der Waals surface area contributed by atoms with Crippen molar-refractivity contribution >= 4 is 28.3 Å². The number of H-pyrrole nitrogens is 1. The van der Waals surface area contributed by atoms with Crippen LogP contribution < -0.4 is 0 Å². The summed E-state index contributed by atoms with van der Waals surface area (Å²) in [5, 5.41) is 11.9. The maximum atomic E-state index is 11.2. The zero-order valence-electron chi connectivity index (χ0n) is 9.86. The molecule has 3 rings (SSSR count). The molecule has 0 aromatic carbocycles. The molecule has 5 nitrogen and oxygen atoms in total. The van der Waals surface area contributed by atoms with Crippen LogP contribution in [0, 0.1) is 10.1 Å². The Kier molecular flexibility index (Phi) is 2.35. The van der Waals surface area contributed by atoms with Gasteiger partial charge in [0.1, 0.15) is 16.2 Å². The largest absolute Gasteiger partial charge is 0.346 e. The van der Waals surface area contributed by atoms with E-state index in [0.29, 0.717) is 11.0 Å². The first-order valence-electron chi connectivity index (χ1n) is 5.84. The second-order valence-electron chi connectivity index (χ2n) is 5.06. The number of aromatic nitrogens is 2. The van der Waals surface area contributed by atoms with Crippen LogP contribution in [0.25, 0.3) is 11.0 Å². The SMILES string of the molecule is CC1(c2c[nH]c3nc(Cl)cc([N+](=O)[O-])c23)CCC1. The Morgan fingerprint density at radius 1 is 1.56 bits per heavy atom. The highest BCUT2D eigenvalue weighted by Crippen LogP contribution is 2.47. The van der Waals surface area contributed by atoms with Gasteiger partial charge in [0.2, 0.25) is 0 Å². The van der Waals surface area contributed by atoms with Crippen molar-refractivity contribution in [1.29, 1.82) is 0 Å². The van der Waals surface area contributed by atoms with Crippen LogP contribution in [0.15, 0.2) is 12.3 Å². The Morgan fingerprint density at radius 2 is 2.28 bits per heavy atom. The Morgan fingerprint density at radius 3 is 2.83 bits per heavy atom. The minimum absolute atomic E-state index is 0.0263. The van der Waals surface area contributed by atoms with Crippen molar-refractivity contribution in [1.82, 2.24) is 9.97 Å². The summed E-state index contributed by atoms with van der Waals surface area (Å²) in [5.41, 5.74) is 1.55. The number of hydrogen-bond donors (Lipinski definition) is 1. The van der Waals surface area contributed by atoms with Crippen molar-refractivity contribution in [3.8, 4) is 0 Å². The van der Waals surface area contributed by atoms with E-state index in [4.69, 9.17) is 11.6 Å². The molecule has 2 heterocycles. The molecule has 0 aliphatic heterocycles. The molecular formula is C12H12ClN3O2. The molecule has 18 heavy (non-hydrogen) atoms. The monoisotopic (exact) mass is 265 g/mol. The van der Waals surface area contributed by atoms with E-state index in [1.54, 1.807) is 0 Å². The number of pyridine rings is 1. The molecule has 1 aliphatic rings. The molecule has 1 N–H and O–H groups in total. The standard InChI is InChI=1S/C12H12ClN3O2/c1-12(3-2-4-12)7-6-14-11-10(7)8(16(17)18)5-9(13)15-11/h5-6H,2-4H2,1H3,(H,14,15). The van der Waals surface area contributed by atoms with Crippen LogP contribution in [-0.2, 0) is 5.41 Å². The topological polar surface area (TPSA) is 71.8 Å². The van der Waals surface area contributed by atoms with E-state index in [1.807, 2.05) is 6.20 Å². The lowest BCUT2D eigenvalue weighted by molar-refractivity contribution is -0.383. The molecule has 1 aliphatic carbocycles. The molecule has 0 amide bonds. The van der Waals surface area contributed by atoms with E-state index in [9.17, 15) is 10.1 Å². The number of aromatic amines is 1. The van der Waals surface area contributed by atoms with Gasteiger partial charge in [-0.25, -0.2) is 4.98 Å². The van der Waals surface area contributed by atoms with Gasteiger partial charge in [-0.2, -0.15) is 0 Å². The molecule has 6 heteroatoms. The summed E-state index contributed by atoms with van der Waals surface area (Å²) >= 11 is 5.80. The van der Waals surface area contributed by atoms with Crippen LogP contribution in [0.4, 0.5) is 5.69 Å². The zero-order valence-corrected chi connectivity index (χ0v) is 10.6. The van der Waals surface area contributed by atoms with Gasteiger partial charge in [0.15, 0.2) is 0 Å². The van der Waals surface area contributed by atoms with E-state index >= 15 is 0 Å². The van der Waals surface area contributed by atoms with Crippen molar-refractivity contribution in [3.63, 3.8) is 0 Å². The molecule has 1 saturated carbocycles. The average molecular weight is 266 g/mol. The van der Waals surface area contributed by atoms with Crippen LogP contribution in [0.3, 0.4) is 0 Å². The Hall–Kier alpha value is -1.62. The summed E-state index contributed by atoms with van der Waals surface area (Å²) in [6, 6.07) is 1.32. The van der Waals surface area contributed by atoms with Crippen LogP contribution in [-0.4, -0.2) is 14.9 Å². The van der Waals surface area contributed by atoms with E-state index < -0.39 is 4.92 Å². The summed E-state index contributed by atoms with van der Waals surface area (Å²) in [7, 11) is 0. The smallest absolute Gasteiger partial charge is 0.283 e. The molecule has 0 saturated heterocycles. The highest BCUT2D eigenvalue weighted by Gasteiger charge is 2.37. The molecule has 0 unspecified atom stereocenters. The molecular weight excluding hydrogens is 254 g/mol. The van der Waals surface area contributed by atoms with Gasteiger partial charge >= 0.3 is 0 Å². The van der Waals surface area contributed by atoms with Gasteiger partial charge in [0, 0.05) is 6.20 Å². The number of nitro groups is 1. The maximum absolute atomic E-state index is 11.2. The lowest BCUT2D eigenvalue weighted by atomic mass is 9.66. The quantitative estimate of drug-likeness (QED) is 0.513. The summed E-state index contributed by atoms with van der Waals surface area (Å²) in [5.74, 6) is 0. The lowest BCUT2D eigenvalue weighted by Gasteiger charge is -2.38. The second-order valence-corrected chi connectivity index (χ2v) is 5.45. The number of nitrogens with zero attached hydrogens (tertiary/aromatic N) is 2. The van der Waals surface area contributed by atoms with Crippen LogP contribution in [0.1, 0.15) is 31.7 Å². The summed E-state index contributed by atoms with van der Waals surface area (Å²) < 4.78 is 0. The van der Waals surface area contributed by atoms with Gasteiger partial charge in [-0.3, -0.25) is 10.1 Å². The highest BCUT2D eigenvalue weighted by atomic mass is 35.5. The number of rotatable bonds is 2. The van der Waals surface area contributed by atoms with Crippen LogP contribution in [0.2, 0.25) is 5.15 Å². The first-order chi connectivity index (χ1) is 8.51. The third kappa shape index (κ3) is 1.50. The van der Waals surface area contributed by atoms with E-state index in [-0.39, 0.29) is 16.3 Å². The summed E-state index contributed by atoms with van der Waals surface area (Å²) in [6.07, 6.45) is 5.11. The third-order valence-corrected chi connectivity index (χ3v) is 4.09. The number of nitrogens with one attached hydrogen (secondary N) is 1. The van der Waals surface area contributed by atoms with Crippen LogP contribution in [0.5, 0.6) is 0 Å². The van der Waals surface area contributed by atoms with Gasteiger partial charge in [0.25, 0.3) is 5.69 Å². The molecule has 0 bridgehead atoms. The first kappa shape index (κ1) is 11.5. The zero-order chi connectivity index (χ0) is 12.9. The molecule has 2 aromatic heterocycles. The van der Waals surface area contributed by atoms with Crippen LogP contribution >= 0.6 is 11.6 Å².